The van der Waals surface area contributed by atoms with Gasteiger partial charge in [0.15, 0.2) is 0 Å². The molecule has 2 N–H and O–H groups in total. The van der Waals surface area contributed by atoms with Gasteiger partial charge in [-0.25, -0.2) is 4.98 Å². The molecule has 0 bridgehead atoms. The first-order chi connectivity index (χ1) is 11.3. The third-order valence-corrected chi connectivity index (χ3v) is 4.67. The van der Waals surface area contributed by atoms with Crippen LogP contribution < -0.4 is 10.2 Å². The Hall–Kier alpha value is -1.83. The lowest BCUT2D eigenvalue weighted by Crippen LogP contribution is -2.42. The van der Waals surface area contributed by atoms with E-state index in [4.69, 9.17) is 5.11 Å². The lowest BCUT2D eigenvalue weighted by Gasteiger charge is -2.20. The van der Waals surface area contributed by atoms with Crippen LogP contribution in [-0.2, 0) is 11.0 Å². The quantitative estimate of drug-likeness (QED) is 0.874. The molecule has 2 heterocycles. The van der Waals surface area contributed by atoms with Crippen LogP contribution in [0.5, 0.6) is 0 Å². The average Bonchev–Trinajstić information content (AvgIpc) is 3.27. The molecule has 2 aliphatic rings. The fraction of sp³-hybridized carbons (Fsp3) is 0.625. The van der Waals surface area contributed by atoms with Crippen molar-refractivity contribution in [2.75, 3.05) is 24.6 Å². The number of aliphatic hydroxyl groups excluding tert-OH is 1. The van der Waals surface area contributed by atoms with E-state index in [1.54, 1.807) is 4.90 Å². The molecule has 1 aromatic rings. The number of pyridine rings is 1. The van der Waals surface area contributed by atoms with Crippen molar-refractivity contribution in [3.63, 3.8) is 0 Å². The highest BCUT2D eigenvalue weighted by Crippen LogP contribution is 2.42. The summed E-state index contributed by atoms with van der Waals surface area (Å²) in [5.41, 5.74) is -0.401. The van der Waals surface area contributed by atoms with Crippen molar-refractivity contribution in [3.8, 4) is 0 Å². The van der Waals surface area contributed by atoms with Gasteiger partial charge in [0, 0.05) is 24.7 Å². The highest BCUT2D eigenvalue weighted by Gasteiger charge is 2.43. The molecule has 1 aromatic heterocycles. The standard InChI is InChI=1S/C16H20F3N3O2/c1-9-4-11(16(17,18)19)5-14(20-9)22-6-12(10-2-3-10)13(7-22)21-15(24)8-23/h4-5,10,12-13,23H,2-3,6-8H2,1H3,(H,21,24)/t12-,13+/m1/s1. The molecular formula is C16H20F3N3O2. The molecule has 2 atom stereocenters. The zero-order chi connectivity index (χ0) is 17.5. The summed E-state index contributed by atoms with van der Waals surface area (Å²) in [5, 5.41) is 11.7. The first kappa shape index (κ1) is 17.0. The first-order valence-corrected chi connectivity index (χ1v) is 7.99. The van der Waals surface area contributed by atoms with Crippen molar-refractivity contribution in [2.24, 2.45) is 11.8 Å². The van der Waals surface area contributed by atoms with Crippen molar-refractivity contribution in [1.29, 1.82) is 0 Å². The molecule has 5 nitrogen and oxygen atoms in total. The van der Waals surface area contributed by atoms with Gasteiger partial charge >= 0.3 is 6.18 Å². The first-order valence-electron chi connectivity index (χ1n) is 7.99. The summed E-state index contributed by atoms with van der Waals surface area (Å²) in [5.74, 6) is 0.484. The van der Waals surface area contributed by atoms with E-state index < -0.39 is 24.3 Å². The number of amides is 1. The topological polar surface area (TPSA) is 65.5 Å². The van der Waals surface area contributed by atoms with Crippen molar-refractivity contribution in [2.45, 2.75) is 32.0 Å². The lowest BCUT2D eigenvalue weighted by molar-refractivity contribution is -0.137. The minimum Gasteiger partial charge on any atom is -0.387 e. The summed E-state index contributed by atoms with van der Waals surface area (Å²) in [6.07, 6.45) is -2.28. The Kier molecular flexibility index (Phi) is 4.42. The number of anilines is 1. The minimum atomic E-state index is -4.41. The van der Waals surface area contributed by atoms with Gasteiger partial charge in [0.1, 0.15) is 12.4 Å². The van der Waals surface area contributed by atoms with Crippen LogP contribution in [-0.4, -0.2) is 41.7 Å². The molecule has 24 heavy (non-hydrogen) atoms. The Bertz CT molecular complexity index is 631. The van der Waals surface area contributed by atoms with Crippen molar-refractivity contribution >= 4 is 11.7 Å². The van der Waals surface area contributed by atoms with Gasteiger partial charge < -0.3 is 15.3 Å². The molecule has 0 spiro atoms. The fourth-order valence-corrected chi connectivity index (χ4v) is 3.40. The summed E-state index contributed by atoms with van der Waals surface area (Å²) in [7, 11) is 0. The zero-order valence-electron chi connectivity index (χ0n) is 13.3. The van der Waals surface area contributed by atoms with Crippen LogP contribution in [0.2, 0.25) is 0 Å². The van der Waals surface area contributed by atoms with Crippen LogP contribution in [0, 0.1) is 18.8 Å². The van der Waals surface area contributed by atoms with Crippen molar-refractivity contribution in [1.82, 2.24) is 10.3 Å². The molecule has 0 radical (unpaired) electrons. The van der Waals surface area contributed by atoms with Crippen LogP contribution >= 0.6 is 0 Å². The van der Waals surface area contributed by atoms with Gasteiger partial charge in [-0.2, -0.15) is 13.2 Å². The number of nitrogens with zero attached hydrogens (tertiary/aromatic N) is 2. The molecule has 132 valence electrons. The second kappa shape index (κ2) is 6.23. The third-order valence-electron chi connectivity index (χ3n) is 4.67. The van der Waals surface area contributed by atoms with E-state index in [0.29, 0.717) is 24.7 Å². The summed E-state index contributed by atoms with van der Waals surface area (Å²) in [6.45, 7) is 1.92. The minimum absolute atomic E-state index is 0.172. The maximum Gasteiger partial charge on any atom is 0.416 e. The predicted octanol–water partition coefficient (Wildman–Crippen LogP) is 1.73. The fourth-order valence-electron chi connectivity index (χ4n) is 3.40. The number of carbonyl (C=O) groups excluding carboxylic acids is 1. The Balaban J connectivity index is 1.82. The van der Waals surface area contributed by atoms with Crippen LogP contribution in [0.4, 0.5) is 19.0 Å². The number of halogens is 3. The van der Waals surface area contributed by atoms with Gasteiger partial charge in [-0.15, -0.1) is 0 Å². The van der Waals surface area contributed by atoms with Gasteiger partial charge in [0.25, 0.3) is 0 Å². The number of aromatic nitrogens is 1. The van der Waals surface area contributed by atoms with Gasteiger partial charge in [-0.05, 0) is 37.8 Å². The molecule has 0 aromatic carbocycles. The number of alkyl halides is 3. The third kappa shape index (κ3) is 3.63. The lowest BCUT2D eigenvalue weighted by atomic mass is 9.98. The number of aryl methyl sites for hydroxylation is 1. The summed E-state index contributed by atoms with van der Waals surface area (Å²) >= 11 is 0. The normalized spacial score (nSPS) is 24.3. The summed E-state index contributed by atoms with van der Waals surface area (Å²) in [4.78, 5) is 17.5. The Labute approximate surface area is 137 Å². The molecule has 1 aliphatic carbocycles. The van der Waals surface area contributed by atoms with Gasteiger partial charge in [-0.1, -0.05) is 0 Å². The number of hydrogen-bond donors (Lipinski definition) is 2. The van der Waals surface area contributed by atoms with Crippen LogP contribution in [0.25, 0.3) is 0 Å². The molecule has 3 rings (SSSR count). The molecule has 1 saturated carbocycles. The van der Waals surface area contributed by atoms with E-state index in [1.807, 2.05) is 0 Å². The molecule has 1 amide bonds. The molecular weight excluding hydrogens is 323 g/mol. The predicted molar refractivity (Wildman–Crippen MR) is 81.4 cm³/mol. The largest absolute Gasteiger partial charge is 0.416 e. The maximum atomic E-state index is 13.0. The number of nitrogens with one attached hydrogen (secondary N) is 1. The monoisotopic (exact) mass is 343 g/mol. The van der Waals surface area contributed by atoms with Crippen LogP contribution in [0.15, 0.2) is 12.1 Å². The van der Waals surface area contributed by atoms with E-state index in [0.717, 1.165) is 25.0 Å². The van der Waals surface area contributed by atoms with Crippen LogP contribution in [0.3, 0.4) is 0 Å². The molecule has 1 aliphatic heterocycles. The maximum absolute atomic E-state index is 13.0. The van der Waals surface area contributed by atoms with E-state index in [1.165, 1.54) is 6.92 Å². The highest BCUT2D eigenvalue weighted by atomic mass is 19.4. The van der Waals surface area contributed by atoms with Gasteiger partial charge in [-0.3, -0.25) is 4.79 Å². The number of hydrogen-bond acceptors (Lipinski definition) is 4. The molecule has 0 unspecified atom stereocenters. The zero-order valence-corrected chi connectivity index (χ0v) is 13.3. The second-order valence-electron chi connectivity index (χ2n) is 6.59. The number of aliphatic hydroxyl groups is 1. The van der Waals surface area contributed by atoms with Crippen LogP contribution in [0.1, 0.15) is 24.1 Å². The van der Waals surface area contributed by atoms with Crippen molar-refractivity contribution < 1.29 is 23.1 Å². The smallest absolute Gasteiger partial charge is 0.387 e. The number of carbonyl (C=O) groups is 1. The van der Waals surface area contributed by atoms with E-state index in [2.05, 4.69) is 10.3 Å². The second-order valence-corrected chi connectivity index (χ2v) is 6.59. The molecule has 2 fully saturated rings. The van der Waals surface area contributed by atoms with E-state index in [9.17, 15) is 18.0 Å². The highest BCUT2D eigenvalue weighted by molar-refractivity contribution is 5.77. The van der Waals surface area contributed by atoms with E-state index in [-0.39, 0.29) is 17.8 Å². The molecule has 8 heteroatoms. The SMILES string of the molecule is Cc1cc(C(F)(F)F)cc(N2C[C@H](NC(=O)CO)[C@@H](C3CC3)C2)n1. The van der Waals surface area contributed by atoms with E-state index >= 15 is 0 Å². The van der Waals surface area contributed by atoms with Gasteiger partial charge in [0.05, 0.1) is 11.6 Å². The summed E-state index contributed by atoms with van der Waals surface area (Å²) in [6, 6.07) is 1.92. The Morgan fingerprint density at radius 2 is 2.08 bits per heavy atom. The Morgan fingerprint density at radius 3 is 2.67 bits per heavy atom. The van der Waals surface area contributed by atoms with Gasteiger partial charge in [0.2, 0.25) is 5.91 Å². The summed E-state index contributed by atoms with van der Waals surface area (Å²) < 4.78 is 39.0. The Morgan fingerprint density at radius 1 is 1.38 bits per heavy atom. The average molecular weight is 343 g/mol. The van der Waals surface area contributed by atoms with Crippen molar-refractivity contribution in [3.05, 3.63) is 23.4 Å². The number of rotatable bonds is 4. The molecule has 1 saturated heterocycles.